The summed E-state index contributed by atoms with van der Waals surface area (Å²) in [5.41, 5.74) is 1.08. The van der Waals surface area contributed by atoms with Crippen LogP contribution >= 0.6 is 0 Å². The van der Waals surface area contributed by atoms with Crippen molar-refractivity contribution in [2.75, 3.05) is 51.3 Å². The Morgan fingerprint density at radius 3 is 2.52 bits per heavy atom. The smallest absolute Gasteiger partial charge is 0.409 e. The third-order valence-corrected chi connectivity index (χ3v) is 4.39. The first kappa shape index (κ1) is 17.1. The molecule has 2 heterocycles. The zero-order chi connectivity index (χ0) is 18.0. The Kier molecular flexibility index (Phi) is 4.78. The Labute approximate surface area is 145 Å². The Morgan fingerprint density at radius 1 is 1.16 bits per heavy atom. The first-order valence-electron chi connectivity index (χ1n) is 8.25. The van der Waals surface area contributed by atoms with Crippen LogP contribution in [-0.2, 0) is 9.53 Å². The van der Waals surface area contributed by atoms with Crippen molar-refractivity contribution in [1.29, 1.82) is 0 Å². The Morgan fingerprint density at radius 2 is 1.84 bits per heavy atom. The fourth-order valence-corrected chi connectivity index (χ4v) is 2.89. The van der Waals surface area contributed by atoms with Gasteiger partial charge in [0.25, 0.3) is 11.8 Å². The van der Waals surface area contributed by atoms with E-state index in [0.717, 1.165) is 0 Å². The van der Waals surface area contributed by atoms with E-state index in [-0.39, 0.29) is 24.5 Å². The van der Waals surface area contributed by atoms with Gasteiger partial charge in [0.1, 0.15) is 5.75 Å². The summed E-state index contributed by atoms with van der Waals surface area (Å²) < 4.78 is 10.4. The zero-order valence-electron chi connectivity index (χ0n) is 14.4. The molecule has 3 amide bonds. The van der Waals surface area contributed by atoms with Crippen molar-refractivity contribution < 1.29 is 23.9 Å². The second-order valence-electron chi connectivity index (χ2n) is 5.90. The van der Waals surface area contributed by atoms with E-state index in [2.05, 4.69) is 0 Å². The van der Waals surface area contributed by atoms with Gasteiger partial charge in [-0.05, 0) is 25.1 Å². The summed E-state index contributed by atoms with van der Waals surface area (Å²) in [7, 11) is 1.66. The van der Waals surface area contributed by atoms with Gasteiger partial charge in [-0.2, -0.15) is 0 Å². The van der Waals surface area contributed by atoms with E-state index in [1.54, 1.807) is 42.0 Å². The van der Waals surface area contributed by atoms with Crippen LogP contribution in [0.4, 0.5) is 10.5 Å². The van der Waals surface area contributed by atoms with Crippen LogP contribution in [0.2, 0.25) is 0 Å². The van der Waals surface area contributed by atoms with Crippen molar-refractivity contribution in [3.8, 4) is 5.75 Å². The van der Waals surface area contributed by atoms with Crippen LogP contribution in [0.1, 0.15) is 17.3 Å². The molecule has 25 heavy (non-hydrogen) atoms. The molecule has 0 atom stereocenters. The molecule has 1 saturated heterocycles. The first-order valence-corrected chi connectivity index (χ1v) is 8.25. The van der Waals surface area contributed by atoms with Gasteiger partial charge < -0.3 is 24.2 Å². The lowest BCUT2D eigenvalue weighted by Gasteiger charge is -2.34. The number of hydrogen-bond donors (Lipinski definition) is 0. The minimum absolute atomic E-state index is 0.00656. The molecule has 0 saturated carbocycles. The van der Waals surface area contributed by atoms with Crippen LogP contribution < -0.4 is 9.64 Å². The van der Waals surface area contributed by atoms with Crippen molar-refractivity contribution in [2.24, 2.45) is 0 Å². The molecular weight excluding hydrogens is 326 g/mol. The number of anilines is 1. The highest BCUT2D eigenvalue weighted by atomic mass is 16.6. The SMILES string of the molecule is CCOC(=O)N1CCN(C(=O)c2ccc3c(c2)N(C)C(=O)CO3)CC1. The Hall–Kier alpha value is -2.77. The van der Waals surface area contributed by atoms with E-state index in [4.69, 9.17) is 9.47 Å². The Bertz CT molecular complexity index is 698. The van der Waals surface area contributed by atoms with E-state index < -0.39 is 0 Å². The van der Waals surface area contributed by atoms with Gasteiger partial charge in [0.15, 0.2) is 6.61 Å². The number of hydrogen-bond acceptors (Lipinski definition) is 5. The number of nitrogens with zero attached hydrogens (tertiary/aromatic N) is 3. The molecule has 0 unspecified atom stereocenters. The van der Waals surface area contributed by atoms with Crippen molar-refractivity contribution >= 4 is 23.6 Å². The lowest BCUT2D eigenvalue weighted by atomic mass is 10.1. The van der Waals surface area contributed by atoms with Crippen LogP contribution in [0.5, 0.6) is 5.75 Å². The number of ether oxygens (including phenoxy) is 2. The van der Waals surface area contributed by atoms with Crippen LogP contribution in [-0.4, -0.2) is 74.1 Å². The van der Waals surface area contributed by atoms with E-state index in [1.165, 1.54) is 4.90 Å². The third-order valence-electron chi connectivity index (χ3n) is 4.39. The number of piperazine rings is 1. The predicted molar refractivity (Wildman–Crippen MR) is 89.8 cm³/mol. The second kappa shape index (κ2) is 7.00. The normalized spacial score (nSPS) is 17.0. The maximum Gasteiger partial charge on any atom is 0.409 e. The Balaban J connectivity index is 1.68. The molecule has 8 nitrogen and oxygen atoms in total. The molecule has 1 aromatic rings. The summed E-state index contributed by atoms with van der Waals surface area (Å²) in [6.07, 6.45) is -0.347. The highest BCUT2D eigenvalue weighted by Gasteiger charge is 2.28. The summed E-state index contributed by atoms with van der Waals surface area (Å²) in [6.45, 7) is 3.88. The van der Waals surface area contributed by atoms with Gasteiger partial charge >= 0.3 is 6.09 Å². The van der Waals surface area contributed by atoms with Gasteiger partial charge in [-0.15, -0.1) is 0 Å². The average molecular weight is 347 g/mol. The molecule has 1 aromatic carbocycles. The third kappa shape index (κ3) is 3.38. The van der Waals surface area contributed by atoms with Crippen LogP contribution in [0.15, 0.2) is 18.2 Å². The van der Waals surface area contributed by atoms with E-state index in [1.807, 2.05) is 0 Å². The fraction of sp³-hybridized carbons (Fsp3) is 0.471. The number of fused-ring (bicyclic) bond motifs is 1. The zero-order valence-corrected chi connectivity index (χ0v) is 14.4. The van der Waals surface area contributed by atoms with Crippen LogP contribution in [0, 0.1) is 0 Å². The quantitative estimate of drug-likeness (QED) is 0.796. The van der Waals surface area contributed by atoms with Gasteiger partial charge in [0, 0.05) is 38.8 Å². The topological polar surface area (TPSA) is 79.4 Å². The van der Waals surface area contributed by atoms with Crippen LogP contribution in [0.25, 0.3) is 0 Å². The van der Waals surface area contributed by atoms with Crippen LogP contribution in [0.3, 0.4) is 0 Å². The standard InChI is InChI=1S/C17H21N3O5/c1-3-24-17(23)20-8-6-19(7-9-20)16(22)12-4-5-14-13(10-12)18(2)15(21)11-25-14/h4-5,10H,3,6-9,11H2,1-2H3. The number of amides is 3. The maximum atomic E-state index is 12.7. The number of carbonyl (C=O) groups is 3. The molecule has 3 rings (SSSR count). The van der Waals surface area contributed by atoms with Gasteiger partial charge in [-0.25, -0.2) is 4.79 Å². The molecule has 2 aliphatic heterocycles. The highest BCUT2D eigenvalue weighted by Crippen LogP contribution is 2.32. The van der Waals surface area contributed by atoms with Gasteiger partial charge in [0.05, 0.1) is 12.3 Å². The summed E-state index contributed by atoms with van der Waals surface area (Å²) in [5.74, 6) is 0.309. The summed E-state index contributed by atoms with van der Waals surface area (Å²) >= 11 is 0. The highest BCUT2D eigenvalue weighted by molar-refractivity contribution is 6.01. The molecule has 2 aliphatic rings. The fourth-order valence-electron chi connectivity index (χ4n) is 2.89. The monoisotopic (exact) mass is 347 g/mol. The van der Waals surface area contributed by atoms with E-state index in [9.17, 15) is 14.4 Å². The molecular formula is C17H21N3O5. The van der Waals surface area contributed by atoms with Gasteiger partial charge in [0.2, 0.25) is 0 Å². The average Bonchev–Trinajstić information content (AvgIpc) is 2.64. The number of rotatable bonds is 2. The molecule has 0 spiro atoms. The summed E-state index contributed by atoms with van der Waals surface area (Å²) in [6, 6.07) is 5.08. The number of benzene rings is 1. The lowest BCUT2D eigenvalue weighted by molar-refractivity contribution is -0.120. The molecule has 0 aromatic heterocycles. The van der Waals surface area contributed by atoms with Crippen molar-refractivity contribution in [3.05, 3.63) is 23.8 Å². The van der Waals surface area contributed by atoms with Gasteiger partial charge in [-0.3, -0.25) is 9.59 Å². The van der Waals surface area contributed by atoms with Crippen molar-refractivity contribution in [3.63, 3.8) is 0 Å². The summed E-state index contributed by atoms with van der Waals surface area (Å²) in [5, 5.41) is 0. The second-order valence-corrected chi connectivity index (χ2v) is 5.90. The largest absolute Gasteiger partial charge is 0.482 e. The predicted octanol–water partition coefficient (Wildman–Crippen LogP) is 0.956. The maximum absolute atomic E-state index is 12.7. The van der Waals surface area contributed by atoms with Crippen molar-refractivity contribution in [1.82, 2.24) is 9.80 Å². The molecule has 0 radical (unpaired) electrons. The summed E-state index contributed by atoms with van der Waals surface area (Å²) in [4.78, 5) is 41.0. The molecule has 0 aliphatic carbocycles. The molecule has 0 bridgehead atoms. The number of likely N-dealkylation sites (N-methyl/N-ethyl adjacent to an activating group) is 1. The van der Waals surface area contributed by atoms with Gasteiger partial charge in [-0.1, -0.05) is 0 Å². The first-order chi connectivity index (χ1) is 12.0. The number of carbonyl (C=O) groups excluding carboxylic acids is 3. The lowest BCUT2D eigenvalue weighted by Crippen LogP contribution is -2.50. The van der Waals surface area contributed by atoms with E-state index in [0.29, 0.717) is 49.8 Å². The molecule has 0 N–H and O–H groups in total. The molecule has 1 fully saturated rings. The van der Waals surface area contributed by atoms with Crippen molar-refractivity contribution in [2.45, 2.75) is 6.92 Å². The molecule has 134 valence electrons. The molecule has 8 heteroatoms. The minimum Gasteiger partial charge on any atom is -0.482 e. The minimum atomic E-state index is -0.347. The van der Waals surface area contributed by atoms with E-state index >= 15 is 0 Å².